The van der Waals surface area contributed by atoms with Crippen molar-refractivity contribution in [2.75, 3.05) is 0 Å². The first kappa shape index (κ1) is 15.4. The molecule has 0 amide bonds. The van der Waals surface area contributed by atoms with E-state index in [1.807, 2.05) is 54.6 Å². The highest BCUT2D eigenvalue weighted by molar-refractivity contribution is 6.30. The molecule has 0 bridgehead atoms. The molecule has 0 fully saturated rings. The molecule has 120 valence electrons. The number of halogens is 1. The smallest absolute Gasteiger partial charge is 0.140 e. The molecule has 3 aromatic heterocycles. The number of nitrogens with zero attached hydrogens (tertiary/aromatic N) is 4. The summed E-state index contributed by atoms with van der Waals surface area (Å²) in [6.45, 7) is 0. The summed E-state index contributed by atoms with van der Waals surface area (Å²) in [6.07, 6.45) is 2.39. The van der Waals surface area contributed by atoms with Gasteiger partial charge in [-0.2, -0.15) is 10.4 Å². The Morgan fingerprint density at radius 1 is 1.00 bits per heavy atom. The fraction of sp³-hybridized carbons (Fsp3) is 0.0500. The standard InChI is InChI=1S/C20H13ClN4/c21-15-9-10-19-18(11-16-7-4-8-17(12-22)23-16)20(24-25(19)13-15)14-5-2-1-3-6-14/h1-10,13H,11H2. The molecule has 0 atom stereocenters. The van der Waals surface area contributed by atoms with Gasteiger partial charge in [0.2, 0.25) is 0 Å². The van der Waals surface area contributed by atoms with E-state index in [0.717, 1.165) is 28.0 Å². The van der Waals surface area contributed by atoms with Gasteiger partial charge in [-0.25, -0.2) is 9.50 Å². The molecular weight excluding hydrogens is 332 g/mol. The largest absolute Gasteiger partial charge is 0.242 e. The van der Waals surface area contributed by atoms with Crippen LogP contribution in [0, 0.1) is 11.3 Å². The minimum atomic E-state index is 0.415. The lowest BCUT2D eigenvalue weighted by atomic mass is 10.0. The van der Waals surface area contributed by atoms with Gasteiger partial charge < -0.3 is 0 Å². The van der Waals surface area contributed by atoms with Crippen molar-refractivity contribution >= 4 is 17.1 Å². The van der Waals surface area contributed by atoms with Crippen LogP contribution < -0.4 is 0 Å². The molecule has 0 aliphatic rings. The van der Waals surface area contributed by atoms with Crippen molar-refractivity contribution in [3.05, 3.63) is 88.8 Å². The van der Waals surface area contributed by atoms with Gasteiger partial charge >= 0.3 is 0 Å². The van der Waals surface area contributed by atoms with Crippen LogP contribution in [0.2, 0.25) is 5.02 Å². The molecule has 3 heterocycles. The van der Waals surface area contributed by atoms with E-state index in [4.69, 9.17) is 22.0 Å². The van der Waals surface area contributed by atoms with Crippen LogP contribution in [0.25, 0.3) is 16.8 Å². The molecule has 1 aromatic carbocycles. The Balaban J connectivity index is 1.90. The number of hydrogen-bond acceptors (Lipinski definition) is 3. The molecule has 0 unspecified atom stereocenters. The van der Waals surface area contributed by atoms with E-state index in [1.54, 1.807) is 16.8 Å². The number of benzene rings is 1. The molecule has 4 rings (SSSR count). The van der Waals surface area contributed by atoms with E-state index in [0.29, 0.717) is 17.1 Å². The van der Waals surface area contributed by atoms with Gasteiger partial charge in [-0.3, -0.25) is 0 Å². The van der Waals surface area contributed by atoms with E-state index < -0.39 is 0 Å². The van der Waals surface area contributed by atoms with E-state index in [1.165, 1.54) is 0 Å². The van der Waals surface area contributed by atoms with Crippen LogP contribution in [-0.2, 0) is 6.42 Å². The summed E-state index contributed by atoms with van der Waals surface area (Å²) in [6, 6.07) is 21.4. The predicted octanol–water partition coefficient (Wildman–Crippen LogP) is 4.51. The van der Waals surface area contributed by atoms with Crippen LogP contribution in [-0.4, -0.2) is 14.6 Å². The Hall–Kier alpha value is -3.16. The first-order chi connectivity index (χ1) is 12.2. The number of pyridine rings is 2. The zero-order valence-electron chi connectivity index (χ0n) is 13.2. The zero-order valence-corrected chi connectivity index (χ0v) is 14.0. The van der Waals surface area contributed by atoms with Crippen molar-refractivity contribution in [2.24, 2.45) is 0 Å². The van der Waals surface area contributed by atoms with Gasteiger partial charge in [0.25, 0.3) is 0 Å². The average molecular weight is 345 g/mol. The van der Waals surface area contributed by atoms with Gasteiger partial charge in [0.05, 0.1) is 16.2 Å². The maximum atomic E-state index is 9.08. The second kappa shape index (κ2) is 6.39. The van der Waals surface area contributed by atoms with Crippen LogP contribution in [0.4, 0.5) is 0 Å². The lowest BCUT2D eigenvalue weighted by Crippen LogP contribution is -1.95. The third-order valence-corrected chi connectivity index (χ3v) is 4.25. The summed E-state index contributed by atoms with van der Waals surface area (Å²) < 4.78 is 1.80. The minimum Gasteiger partial charge on any atom is -0.242 e. The maximum Gasteiger partial charge on any atom is 0.140 e. The third kappa shape index (κ3) is 2.98. The lowest BCUT2D eigenvalue weighted by Gasteiger charge is -2.04. The second-order valence-corrected chi connectivity index (χ2v) is 6.11. The van der Waals surface area contributed by atoms with Crippen molar-refractivity contribution in [2.45, 2.75) is 6.42 Å². The molecule has 4 nitrogen and oxygen atoms in total. The number of hydrogen-bond donors (Lipinski definition) is 0. The van der Waals surface area contributed by atoms with Gasteiger partial charge in [0.1, 0.15) is 11.8 Å². The highest BCUT2D eigenvalue weighted by Crippen LogP contribution is 2.29. The van der Waals surface area contributed by atoms with Crippen LogP contribution in [0.1, 0.15) is 17.0 Å². The fourth-order valence-electron chi connectivity index (χ4n) is 2.90. The number of nitriles is 1. The first-order valence-electron chi connectivity index (χ1n) is 7.83. The second-order valence-electron chi connectivity index (χ2n) is 5.67. The van der Waals surface area contributed by atoms with E-state index in [-0.39, 0.29) is 0 Å². The summed E-state index contributed by atoms with van der Waals surface area (Å²) in [5, 5.41) is 14.4. The molecule has 0 aliphatic carbocycles. The van der Waals surface area contributed by atoms with Gasteiger partial charge in [0, 0.05) is 29.4 Å². The Bertz CT molecular complexity index is 1090. The van der Waals surface area contributed by atoms with Crippen molar-refractivity contribution in [3.8, 4) is 17.3 Å². The quantitative estimate of drug-likeness (QED) is 0.549. The van der Waals surface area contributed by atoms with Gasteiger partial charge in [-0.05, 0) is 24.3 Å². The first-order valence-corrected chi connectivity index (χ1v) is 8.20. The van der Waals surface area contributed by atoms with Crippen LogP contribution in [0.15, 0.2) is 66.9 Å². The Labute approximate surface area is 149 Å². The van der Waals surface area contributed by atoms with E-state index >= 15 is 0 Å². The fourth-order valence-corrected chi connectivity index (χ4v) is 3.05. The van der Waals surface area contributed by atoms with Crippen LogP contribution >= 0.6 is 11.6 Å². The summed E-state index contributed by atoms with van der Waals surface area (Å²) in [5.41, 5.74) is 5.22. The normalized spacial score (nSPS) is 10.7. The highest BCUT2D eigenvalue weighted by atomic mass is 35.5. The summed E-state index contributed by atoms with van der Waals surface area (Å²) in [5.74, 6) is 0. The van der Waals surface area contributed by atoms with Crippen LogP contribution in [0.5, 0.6) is 0 Å². The van der Waals surface area contributed by atoms with E-state index in [2.05, 4.69) is 11.1 Å². The molecule has 0 saturated carbocycles. The molecular formula is C20H13ClN4. The summed E-state index contributed by atoms with van der Waals surface area (Å²) in [4.78, 5) is 4.40. The monoisotopic (exact) mass is 344 g/mol. The van der Waals surface area contributed by atoms with Crippen molar-refractivity contribution in [1.82, 2.24) is 14.6 Å². The van der Waals surface area contributed by atoms with Crippen molar-refractivity contribution in [3.63, 3.8) is 0 Å². The predicted molar refractivity (Wildman–Crippen MR) is 97.4 cm³/mol. The topological polar surface area (TPSA) is 54.0 Å². The Morgan fingerprint density at radius 2 is 1.84 bits per heavy atom. The SMILES string of the molecule is N#Cc1cccc(Cc2c(-c3ccccc3)nn3cc(Cl)ccc23)n1. The molecule has 25 heavy (non-hydrogen) atoms. The van der Waals surface area contributed by atoms with Gasteiger partial charge in [-0.15, -0.1) is 0 Å². The number of fused-ring (bicyclic) bond motifs is 1. The Morgan fingerprint density at radius 3 is 2.64 bits per heavy atom. The van der Waals surface area contributed by atoms with Crippen molar-refractivity contribution < 1.29 is 0 Å². The molecule has 0 radical (unpaired) electrons. The lowest BCUT2D eigenvalue weighted by molar-refractivity contribution is 0.966. The molecule has 4 aromatic rings. The third-order valence-electron chi connectivity index (χ3n) is 4.02. The maximum absolute atomic E-state index is 9.08. The molecule has 0 saturated heterocycles. The molecule has 0 N–H and O–H groups in total. The number of aromatic nitrogens is 3. The molecule has 0 spiro atoms. The highest BCUT2D eigenvalue weighted by Gasteiger charge is 2.16. The van der Waals surface area contributed by atoms with Crippen LogP contribution in [0.3, 0.4) is 0 Å². The average Bonchev–Trinajstić information content (AvgIpc) is 3.00. The molecule has 0 aliphatic heterocycles. The van der Waals surface area contributed by atoms with Gasteiger partial charge in [-0.1, -0.05) is 48.0 Å². The molecule has 5 heteroatoms. The van der Waals surface area contributed by atoms with Crippen molar-refractivity contribution in [1.29, 1.82) is 5.26 Å². The Kier molecular flexibility index (Phi) is 3.93. The minimum absolute atomic E-state index is 0.415. The zero-order chi connectivity index (χ0) is 17.2. The summed E-state index contributed by atoms with van der Waals surface area (Å²) >= 11 is 6.12. The van der Waals surface area contributed by atoms with Gasteiger partial charge in [0.15, 0.2) is 0 Å². The number of rotatable bonds is 3. The summed E-state index contributed by atoms with van der Waals surface area (Å²) in [7, 11) is 0. The van der Waals surface area contributed by atoms with E-state index in [9.17, 15) is 0 Å².